The van der Waals surface area contributed by atoms with Crippen LogP contribution in [0.2, 0.25) is 0 Å². The lowest BCUT2D eigenvalue weighted by molar-refractivity contribution is -0.125. The van der Waals surface area contributed by atoms with Gasteiger partial charge >= 0.3 is 0 Å². The molecule has 3 rings (SSSR count). The summed E-state index contributed by atoms with van der Waals surface area (Å²) < 4.78 is 0. The first-order valence-corrected chi connectivity index (χ1v) is 8.17. The summed E-state index contributed by atoms with van der Waals surface area (Å²) in [7, 11) is 0. The van der Waals surface area contributed by atoms with Crippen molar-refractivity contribution in [1.29, 1.82) is 0 Å². The summed E-state index contributed by atoms with van der Waals surface area (Å²) in [6.45, 7) is 6.47. The quantitative estimate of drug-likeness (QED) is 0.912. The van der Waals surface area contributed by atoms with E-state index in [1.807, 2.05) is 62.1 Å². The molecule has 2 aromatic carbocycles. The molecule has 0 saturated heterocycles. The van der Waals surface area contributed by atoms with Gasteiger partial charge in [0.15, 0.2) is 0 Å². The summed E-state index contributed by atoms with van der Waals surface area (Å²) in [5, 5.41) is 2.91. The first-order chi connectivity index (χ1) is 11.4. The van der Waals surface area contributed by atoms with Gasteiger partial charge in [0.1, 0.15) is 0 Å². The first kappa shape index (κ1) is 16.2. The maximum Gasteiger partial charge on any atom is 0.255 e. The molecule has 1 aliphatic heterocycles. The fourth-order valence-electron chi connectivity index (χ4n) is 2.87. The van der Waals surface area contributed by atoms with Gasteiger partial charge in [-0.3, -0.25) is 9.59 Å². The van der Waals surface area contributed by atoms with Crippen molar-refractivity contribution in [2.75, 3.05) is 16.8 Å². The Morgan fingerprint density at radius 2 is 1.75 bits per heavy atom. The lowest BCUT2D eigenvalue weighted by Crippen LogP contribution is -2.38. The second-order valence-electron chi connectivity index (χ2n) is 7.12. The lowest BCUT2D eigenvalue weighted by Gasteiger charge is -2.26. The summed E-state index contributed by atoms with van der Waals surface area (Å²) in [5.74, 6) is -0.0463. The third-order valence-electron chi connectivity index (χ3n) is 4.16. The van der Waals surface area contributed by atoms with Crippen molar-refractivity contribution in [1.82, 2.24) is 0 Å². The Bertz CT molecular complexity index is 776. The Kier molecular flexibility index (Phi) is 4.14. The number of nitrogens with zero attached hydrogens (tertiary/aromatic N) is 1. The fourth-order valence-corrected chi connectivity index (χ4v) is 2.87. The molecule has 0 bridgehead atoms. The zero-order valence-corrected chi connectivity index (χ0v) is 14.3. The highest BCUT2D eigenvalue weighted by molar-refractivity contribution is 6.05. The molecular formula is C20H22N2O2. The molecule has 1 heterocycles. The van der Waals surface area contributed by atoms with Crippen LogP contribution >= 0.6 is 0 Å². The number of benzene rings is 2. The maximum absolute atomic E-state index is 12.6. The van der Waals surface area contributed by atoms with E-state index in [4.69, 9.17) is 0 Å². The summed E-state index contributed by atoms with van der Waals surface area (Å²) in [4.78, 5) is 26.7. The fraction of sp³-hybridized carbons (Fsp3) is 0.300. The van der Waals surface area contributed by atoms with Gasteiger partial charge in [0.05, 0.1) is 0 Å². The van der Waals surface area contributed by atoms with Crippen LogP contribution in [0.25, 0.3) is 0 Å². The predicted octanol–water partition coefficient (Wildman–Crippen LogP) is 3.87. The van der Waals surface area contributed by atoms with E-state index in [0.717, 1.165) is 17.7 Å². The van der Waals surface area contributed by atoms with E-state index in [-0.39, 0.29) is 11.8 Å². The highest BCUT2D eigenvalue weighted by Crippen LogP contribution is 2.34. The molecule has 4 heteroatoms. The molecule has 0 spiro atoms. The standard InChI is InChI=1S/C20H22N2O2/c1-20(2,3)19(24)22-12-11-14-9-10-16(13-17(14)22)21-18(23)15-7-5-4-6-8-15/h4-10,13H,11-12H2,1-3H3,(H,21,23). The maximum atomic E-state index is 12.6. The van der Waals surface area contributed by atoms with Crippen molar-refractivity contribution in [3.05, 3.63) is 59.7 Å². The molecule has 24 heavy (non-hydrogen) atoms. The smallest absolute Gasteiger partial charge is 0.255 e. The van der Waals surface area contributed by atoms with E-state index in [9.17, 15) is 9.59 Å². The molecule has 0 aliphatic carbocycles. The zero-order valence-electron chi connectivity index (χ0n) is 14.3. The summed E-state index contributed by atoms with van der Waals surface area (Å²) in [6.07, 6.45) is 0.851. The third kappa shape index (κ3) is 3.18. The van der Waals surface area contributed by atoms with Crippen LogP contribution in [0.5, 0.6) is 0 Å². The Labute approximate surface area is 142 Å². The van der Waals surface area contributed by atoms with Gasteiger partial charge in [0.25, 0.3) is 5.91 Å². The van der Waals surface area contributed by atoms with Gasteiger partial charge in [-0.25, -0.2) is 0 Å². The average Bonchev–Trinajstić information content (AvgIpc) is 2.97. The Morgan fingerprint density at radius 3 is 2.42 bits per heavy atom. The van der Waals surface area contributed by atoms with Gasteiger partial charge in [-0.2, -0.15) is 0 Å². The summed E-state index contributed by atoms with van der Waals surface area (Å²) >= 11 is 0. The average molecular weight is 322 g/mol. The zero-order chi connectivity index (χ0) is 17.3. The molecule has 0 saturated carbocycles. The monoisotopic (exact) mass is 322 g/mol. The van der Waals surface area contributed by atoms with Crippen LogP contribution in [0.1, 0.15) is 36.7 Å². The molecule has 0 radical (unpaired) electrons. The SMILES string of the molecule is CC(C)(C)C(=O)N1CCc2ccc(NC(=O)c3ccccc3)cc21. The van der Waals surface area contributed by atoms with Crippen LogP contribution in [0.4, 0.5) is 11.4 Å². The topological polar surface area (TPSA) is 49.4 Å². The second kappa shape index (κ2) is 6.11. The highest BCUT2D eigenvalue weighted by atomic mass is 16.2. The minimum atomic E-state index is -0.426. The van der Waals surface area contributed by atoms with Gasteiger partial charge in [0, 0.05) is 28.9 Å². The molecule has 0 fully saturated rings. The van der Waals surface area contributed by atoms with Gasteiger partial charge in [0.2, 0.25) is 5.91 Å². The highest BCUT2D eigenvalue weighted by Gasteiger charge is 2.32. The van der Waals surface area contributed by atoms with E-state index in [2.05, 4.69) is 5.32 Å². The molecule has 1 aliphatic rings. The normalized spacial score (nSPS) is 13.5. The number of rotatable bonds is 2. The van der Waals surface area contributed by atoms with Crippen LogP contribution < -0.4 is 10.2 Å². The summed E-state index contributed by atoms with van der Waals surface area (Å²) in [5.41, 5.74) is 2.94. The minimum Gasteiger partial charge on any atom is -0.322 e. The summed E-state index contributed by atoms with van der Waals surface area (Å²) in [6, 6.07) is 14.9. The van der Waals surface area contributed by atoms with Gasteiger partial charge in [-0.05, 0) is 36.2 Å². The van der Waals surface area contributed by atoms with Gasteiger partial charge in [-0.1, -0.05) is 45.0 Å². The first-order valence-electron chi connectivity index (χ1n) is 8.17. The van der Waals surface area contributed by atoms with Crippen molar-refractivity contribution in [2.45, 2.75) is 27.2 Å². The lowest BCUT2D eigenvalue weighted by atomic mass is 9.94. The van der Waals surface area contributed by atoms with E-state index in [1.165, 1.54) is 0 Å². The van der Waals surface area contributed by atoms with Crippen LogP contribution in [0, 0.1) is 5.41 Å². The Hall–Kier alpha value is -2.62. The van der Waals surface area contributed by atoms with Crippen molar-refractivity contribution in [2.24, 2.45) is 5.41 Å². The number of hydrogen-bond donors (Lipinski definition) is 1. The molecule has 0 aromatic heterocycles. The molecule has 0 unspecified atom stereocenters. The second-order valence-corrected chi connectivity index (χ2v) is 7.12. The number of carbonyl (C=O) groups excluding carboxylic acids is 2. The van der Waals surface area contributed by atoms with Crippen LogP contribution in [-0.4, -0.2) is 18.4 Å². The van der Waals surface area contributed by atoms with Gasteiger partial charge in [-0.15, -0.1) is 0 Å². The molecular weight excluding hydrogens is 300 g/mol. The molecule has 2 amide bonds. The van der Waals surface area contributed by atoms with E-state index in [0.29, 0.717) is 17.8 Å². The van der Waals surface area contributed by atoms with Crippen molar-refractivity contribution in [3.8, 4) is 0 Å². The van der Waals surface area contributed by atoms with Crippen molar-refractivity contribution in [3.63, 3.8) is 0 Å². The number of fused-ring (bicyclic) bond motifs is 1. The van der Waals surface area contributed by atoms with Crippen molar-refractivity contribution >= 4 is 23.2 Å². The number of nitrogens with one attached hydrogen (secondary N) is 1. The van der Waals surface area contributed by atoms with E-state index in [1.54, 1.807) is 12.1 Å². The van der Waals surface area contributed by atoms with Crippen molar-refractivity contribution < 1.29 is 9.59 Å². The van der Waals surface area contributed by atoms with E-state index >= 15 is 0 Å². The number of carbonyl (C=O) groups is 2. The van der Waals surface area contributed by atoms with Crippen LogP contribution in [0.3, 0.4) is 0 Å². The largest absolute Gasteiger partial charge is 0.322 e. The minimum absolute atomic E-state index is 0.104. The number of hydrogen-bond acceptors (Lipinski definition) is 2. The van der Waals surface area contributed by atoms with Gasteiger partial charge < -0.3 is 10.2 Å². The molecule has 1 N–H and O–H groups in total. The molecule has 124 valence electrons. The van der Waals surface area contributed by atoms with Crippen LogP contribution in [-0.2, 0) is 11.2 Å². The van der Waals surface area contributed by atoms with Crippen LogP contribution in [0.15, 0.2) is 48.5 Å². The molecule has 0 atom stereocenters. The number of amides is 2. The third-order valence-corrected chi connectivity index (χ3v) is 4.16. The number of anilines is 2. The molecule has 2 aromatic rings. The predicted molar refractivity (Wildman–Crippen MR) is 96.3 cm³/mol. The Morgan fingerprint density at radius 1 is 1.04 bits per heavy atom. The molecule has 4 nitrogen and oxygen atoms in total. The van der Waals surface area contributed by atoms with E-state index < -0.39 is 5.41 Å². The Balaban J connectivity index is 1.84.